The molecule has 1 aromatic carbocycles. The molecule has 0 fully saturated rings. The average Bonchev–Trinajstić information content (AvgIpc) is 2.86. The first kappa shape index (κ1) is 13.6. The number of amides is 1. The van der Waals surface area contributed by atoms with Crippen LogP contribution in [0.1, 0.15) is 30.1 Å². The van der Waals surface area contributed by atoms with E-state index in [4.69, 9.17) is 9.52 Å². The molecule has 19 heavy (non-hydrogen) atoms. The first-order valence-corrected chi connectivity index (χ1v) is 6.64. The maximum Gasteiger partial charge on any atom is 0.257 e. The van der Waals surface area contributed by atoms with E-state index in [0.717, 1.165) is 18.2 Å². The number of hydrogen-bond donors (Lipinski definition) is 1. The normalized spacial score (nSPS) is 10.8. The molecule has 0 unspecified atom stereocenters. The molecular formula is C15H19NO3. The first-order chi connectivity index (χ1) is 9.27. The van der Waals surface area contributed by atoms with Crippen molar-refractivity contribution < 1.29 is 14.3 Å². The zero-order valence-corrected chi connectivity index (χ0v) is 11.1. The van der Waals surface area contributed by atoms with Crippen LogP contribution in [-0.2, 0) is 0 Å². The van der Waals surface area contributed by atoms with E-state index < -0.39 is 0 Å². The number of rotatable bonds is 6. The minimum absolute atomic E-state index is 0.0226. The Morgan fingerprint density at radius 2 is 2.11 bits per heavy atom. The minimum Gasteiger partial charge on any atom is -0.463 e. The topological polar surface area (TPSA) is 53.7 Å². The van der Waals surface area contributed by atoms with Crippen molar-refractivity contribution in [3.05, 3.63) is 36.1 Å². The lowest BCUT2D eigenvalue weighted by Gasteiger charge is -2.20. The zero-order chi connectivity index (χ0) is 13.7. The minimum atomic E-state index is -0.0764. The Labute approximate surface area is 112 Å². The van der Waals surface area contributed by atoms with Crippen LogP contribution in [0.15, 0.2) is 34.9 Å². The predicted molar refractivity (Wildman–Crippen MR) is 74.1 cm³/mol. The SMILES string of the molecule is CCCCN(CCO)C(=O)c1coc2ccccc12. The number of unbranched alkanes of at least 4 members (excludes halogenated alkanes) is 1. The van der Waals surface area contributed by atoms with Crippen molar-refractivity contribution in [3.63, 3.8) is 0 Å². The van der Waals surface area contributed by atoms with Crippen LogP contribution in [0.5, 0.6) is 0 Å². The maximum absolute atomic E-state index is 12.5. The molecule has 0 saturated carbocycles. The first-order valence-electron chi connectivity index (χ1n) is 6.64. The molecule has 0 radical (unpaired) electrons. The summed E-state index contributed by atoms with van der Waals surface area (Å²) in [6, 6.07) is 7.48. The van der Waals surface area contributed by atoms with Crippen LogP contribution in [-0.4, -0.2) is 35.6 Å². The highest BCUT2D eigenvalue weighted by molar-refractivity contribution is 6.05. The summed E-state index contributed by atoms with van der Waals surface area (Å²) in [4.78, 5) is 14.2. The second-order valence-corrected chi connectivity index (χ2v) is 4.51. The summed E-state index contributed by atoms with van der Waals surface area (Å²) in [7, 11) is 0. The van der Waals surface area contributed by atoms with Gasteiger partial charge in [0.1, 0.15) is 11.8 Å². The van der Waals surface area contributed by atoms with Gasteiger partial charge in [-0.25, -0.2) is 0 Å². The van der Waals surface area contributed by atoms with Gasteiger partial charge >= 0.3 is 0 Å². The molecule has 4 heteroatoms. The van der Waals surface area contributed by atoms with Gasteiger partial charge in [-0.3, -0.25) is 4.79 Å². The Kier molecular flexibility index (Phi) is 4.58. The Balaban J connectivity index is 2.25. The van der Waals surface area contributed by atoms with Gasteiger partial charge in [0.25, 0.3) is 5.91 Å². The molecular weight excluding hydrogens is 242 g/mol. The van der Waals surface area contributed by atoms with Crippen LogP contribution in [0.3, 0.4) is 0 Å². The van der Waals surface area contributed by atoms with Crippen LogP contribution in [0.4, 0.5) is 0 Å². The van der Waals surface area contributed by atoms with Gasteiger partial charge in [-0.05, 0) is 12.5 Å². The summed E-state index contributed by atoms with van der Waals surface area (Å²) in [5, 5.41) is 9.90. The van der Waals surface area contributed by atoms with Gasteiger partial charge in [-0.2, -0.15) is 0 Å². The smallest absolute Gasteiger partial charge is 0.257 e. The van der Waals surface area contributed by atoms with Crippen LogP contribution in [0, 0.1) is 0 Å². The monoisotopic (exact) mass is 261 g/mol. The van der Waals surface area contributed by atoms with Gasteiger partial charge in [-0.15, -0.1) is 0 Å². The van der Waals surface area contributed by atoms with Gasteiger partial charge < -0.3 is 14.4 Å². The maximum atomic E-state index is 12.5. The van der Waals surface area contributed by atoms with Crippen LogP contribution >= 0.6 is 0 Å². The predicted octanol–water partition coefficient (Wildman–Crippen LogP) is 2.67. The molecule has 2 aromatic rings. The van der Waals surface area contributed by atoms with Crippen molar-refractivity contribution in [3.8, 4) is 0 Å². The zero-order valence-electron chi connectivity index (χ0n) is 11.1. The lowest BCUT2D eigenvalue weighted by molar-refractivity contribution is 0.0720. The third kappa shape index (κ3) is 2.96. The van der Waals surface area contributed by atoms with Crippen molar-refractivity contribution >= 4 is 16.9 Å². The number of benzene rings is 1. The van der Waals surface area contributed by atoms with Crippen LogP contribution < -0.4 is 0 Å². The number of para-hydroxylation sites is 1. The quantitative estimate of drug-likeness (QED) is 0.869. The highest BCUT2D eigenvalue weighted by Crippen LogP contribution is 2.22. The molecule has 0 aliphatic carbocycles. The van der Waals surface area contributed by atoms with E-state index in [0.29, 0.717) is 24.2 Å². The molecule has 0 atom stereocenters. The number of aliphatic hydroxyl groups is 1. The molecule has 4 nitrogen and oxygen atoms in total. The number of carbonyl (C=O) groups excluding carboxylic acids is 1. The average molecular weight is 261 g/mol. The Bertz CT molecular complexity index is 547. The fourth-order valence-electron chi connectivity index (χ4n) is 2.10. The van der Waals surface area contributed by atoms with Gasteiger partial charge in [0.2, 0.25) is 0 Å². The van der Waals surface area contributed by atoms with Crippen molar-refractivity contribution in [1.82, 2.24) is 4.90 Å². The highest BCUT2D eigenvalue weighted by Gasteiger charge is 2.19. The number of hydrogen-bond acceptors (Lipinski definition) is 3. The van der Waals surface area contributed by atoms with Crippen LogP contribution in [0.2, 0.25) is 0 Å². The second-order valence-electron chi connectivity index (χ2n) is 4.51. The molecule has 1 N–H and O–H groups in total. The lowest BCUT2D eigenvalue weighted by Crippen LogP contribution is -2.34. The number of aliphatic hydroxyl groups excluding tert-OH is 1. The number of furan rings is 1. The number of nitrogens with zero attached hydrogens (tertiary/aromatic N) is 1. The van der Waals surface area contributed by atoms with E-state index in [2.05, 4.69) is 6.92 Å². The van der Waals surface area contributed by atoms with E-state index in [1.54, 1.807) is 4.90 Å². The summed E-state index contributed by atoms with van der Waals surface area (Å²) in [5.41, 5.74) is 1.28. The molecule has 2 rings (SSSR count). The standard InChI is InChI=1S/C15H19NO3/c1-2-3-8-16(9-10-17)15(18)13-11-19-14-7-5-4-6-12(13)14/h4-7,11,17H,2-3,8-10H2,1H3. The lowest BCUT2D eigenvalue weighted by atomic mass is 10.1. The number of fused-ring (bicyclic) bond motifs is 1. The molecule has 1 heterocycles. The van der Waals surface area contributed by atoms with E-state index in [1.165, 1.54) is 6.26 Å². The van der Waals surface area contributed by atoms with E-state index in [1.807, 2.05) is 24.3 Å². The Morgan fingerprint density at radius 3 is 2.84 bits per heavy atom. The summed E-state index contributed by atoms with van der Waals surface area (Å²) in [6.07, 6.45) is 3.45. The molecule has 0 aliphatic heterocycles. The van der Waals surface area contributed by atoms with Crippen molar-refractivity contribution in [1.29, 1.82) is 0 Å². The van der Waals surface area contributed by atoms with E-state index in [-0.39, 0.29) is 12.5 Å². The summed E-state index contributed by atoms with van der Waals surface area (Å²) in [5.74, 6) is -0.0764. The van der Waals surface area contributed by atoms with E-state index in [9.17, 15) is 4.79 Å². The highest BCUT2D eigenvalue weighted by atomic mass is 16.3. The Hall–Kier alpha value is -1.81. The number of carbonyl (C=O) groups is 1. The summed E-state index contributed by atoms with van der Waals surface area (Å²) in [6.45, 7) is 3.08. The molecule has 1 aromatic heterocycles. The second kappa shape index (κ2) is 6.38. The largest absolute Gasteiger partial charge is 0.463 e. The van der Waals surface area contributed by atoms with Crippen molar-refractivity contribution in [2.24, 2.45) is 0 Å². The van der Waals surface area contributed by atoms with Crippen molar-refractivity contribution in [2.75, 3.05) is 19.7 Å². The van der Waals surface area contributed by atoms with Gasteiger partial charge in [0, 0.05) is 18.5 Å². The molecule has 1 amide bonds. The fraction of sp³-hybridized carbons (Fsp3) is 0.400. The molecule has 0 spiro atoms. The third-order valence-corrected chi connectivity index (χ3v) is 3.15. The van der Waals surface area contributed by atoms with Gasteiger partial charge in [-0.1, -0.05) is 31.5 Å². The summed E-state index contributed by atoms with van der Waals surface area (Å²) >= 11 is 0. The van der Waals surface area contributed by atoms with Crippen LogP contribution in [0.25, 0.3) is 11.0 Å². The van der Waals surface area contributed by atoms with Gasteiger partial charge in [0.05, 0.1) is 12.2 Å². The molecule has 102 valence electrons. The molecule has 0 saturated heterocycles. The molecule has 0 bridgehead atoms. The Morgan fingerprint density at radius 1 is 1.32 bits per heavy atom. The third-order valence-electron chi connectivity index (χ3n) is 3.15. The van der Waals surface area contributed by atoms with Crippen molar-refractivity contribution in [2.45, 2.75) is 19.8 Å². The van der Waals surface area contributed by atoms with Gasteiger partial charge in [0.15, 0.2) is 0 Å². The molecule has 0 aliphatic rings. The fourth-order valence-corrected chi connectivity index (χ4v) is 2.10. The van der Waals surface area contributed by atoms with E-state index >= 15 is 0 Å². The summed E-state index contributed by atoms with van der Waals surface area (Å²) < 4.78 is 5.39.